The van der Waals surface area contributed by atoms with E-state index >= 15 is 0 Å². The Morgan fingerprint density at radius 3 is 2.43 bits per heavy atom. The van der Waals surface area contributed by atoms with Gasteiger partial charge in [0.05, 0.1) is 11.6 Å². The number of piperazine rings is 1. The van der Waals surface area contributed by atoms with Gasteiger partial charge in [0.15, 0.2) is 0 Å². The van der Waals surface area contributed by atoms with E-state index in [0.29, 0.717) is 24.7 Å². The van der Waals surface area contributed by atoms with Crippen LogP contribution in [0.2, 0.25) is 0 Å². The molecule has 1 saturated carbocycles. The molecule has 1 aromatic carbocycles. The molecule has 0 aromatic heterocycles. The Labute approximate surface area is 145 Å². The van der Waals surface area contributed by atoms with Crippen molar-refractivity contribution in [3.63, 3.8) is 0 Å². The molecule has 2 fully saturated rings. The maximum atomic E-state index is 12.6. The van der Waals surface area contributed by atoms with Crippen molar-refractivity contribution in [1.82, 2.24) is 15.1 Å². The molecule has 1 aliphatic carbocycles. The summed E-state index contributed by atoms with van der Waals surface area (Å²) in [6.07, 6.45) is 2.21. The van der Waals surface area contributed by atoms with E-state index in [1.807, 2.05) is 36.1 Å². The van der Waals surface area contributed by atoms with Crippen molar-refractivity contribution in [2.24, 2.45) is 0 Å². The van der Waals surface area contributed by atoms with E-state index in [0.717, 1.165) is 30.4 Å². The fraction of sp³-hybridized carbons (Fsp3) is 0.529. The molecule has 5 nitrogen and oxygen atoms in total. The van der Waals surface area contributed by atoms with Crippen LogP contribution in [0.4, 0.5) is 0 Å². The van der Waals surface area contributed by atoms with E-state index in [2.05, 4.69) is 26.1 Å². The fourth-order valence-corrected chi connectivity index (χ4v) is 3.29. The number of carbonyl (C=O) groups is 2. The Morgan fingerprint density at radius 1 is 1.17 bits per heavy atom. The summed E-state index contributed by atoms with van der Waals surface area (Å²) in [5, 5.41) is 3.05. The summed E-state index contributed by atoms with van der Waals surface area (Å²) in [7, 11) is 0. The van der Waals surface area contributed by atoms with E-state index in [1.54, 1.807) is 0 Å². The Kier molecular flexibility index (Phi) is 5.02. The third-order valence-corrected chi connectivity index (χ3v) is 5.25. The van der Waals surface area contributed by atoms with Crippen molar-refractivity contribution < 1.29 is 9.59 Å². The standard InChI is InChI=1S/C17H22BrN3O2/c1-12(16(22)19-13-6-7-13)20-8-10-21(11-9-20)17(23)14-4-2-3-5-15(14)18/h2-5,12-13H,6-11H2,1H3,(H,19,22). The van der Waals surface area contributed by atoms with Crippen LogP contribution >= 0.6 is 15.9 Å². The molecule has 1 aromatic rings. The first-order valence-electron chi connectivity index (χ1n) is 8.14. The van der Waals surface area contributed by atoms with Crippen molar-refractivity contribution >= 4 is 27.7 Å². The summed E-state index contributed by atoms with van der Waals surface area (Å²) in [5.41, 5.74) is 0.695. The SMILES string of the molecule is CC(C(=O)NC1CC1)N1CCN(C(=O)c2ccccc2Br)CC1. The molecule has 0 radical (unpaired) electrons. The molecule has 1 saturated heterocycles. The van der Waals surface area contributed by atoms with Crippen molar-refractivity contribution in [1.29, 1.82) is 0 Å². The van der Waals surface area contributed by atoms with Gasteiger partial charge in [0.2, 0.25) is 5.91 Å². The third kappa shape index (κ3) is 3.93. The highest BCUT2D eigenvalue weighted by molar-refractivity contribution is 9.10. The van der Waals surface area contributed by atoms with Crippen LogP contribution in [0.25, 0.3) is 0 Å². The molecule has 1 heterocycles. The topological polar surface area (TPSA) is 52.7 Å². The number of nitrogens with zero attached hydrogens (tertiary/aromatic N) is 2. The van der Waals surface area contributed by atoms with Crippen LogP contribution in [0.5, 0.6) is 0 Å². The molecule has 0 bridgehead atoms. The summed E-state index contributed by atoms with van der Waals surface area (Å²) in [4.78, 5) is 28.7. The molecule has 1 atom stereocenters. The molecule has 3 rings (SSSR count). The molecule has 124 valence electrons. The number of rotatable bonds is 4. The number of carbonyl (C=O) groups excluding carboxylic acids is 2. The van der Waals surface area contributed by atoms with Gasteiger partial charge in [0.25, 0.3) is 5.91 Å². The normalized spacial score (nSPS) is 20.2. The summed E-state index contributed by atoms with van der Waals surface area (Å²) in [6, 6.07) is 7.76. The zero-order valence-corrected chi connectivity index (χ0v) is 14.9. The number of nitrogens with one attached hydrogen (secondary N) is 1. The Balaban J connectivity index is 1.54. The van der Waals surface area contributed by atoms with Crippen molar-refractivity contribution in [2.45, 2.75) is 31.8 Å². The summed E-state index contributed by atoms with van der Waals surface area (Å²) < 4.78 is 0.824. The average Bonchev–Trinajstić information content (AvgIpc) is 3.38. The highest BCUT2D eigenvalue weighted by Crippen LogP contribution is 2.20. The number of hydrogen-bond donors (Lipinski definition) is 1. The molecule has 1 unspecified atom stereocenters. The van der Waals surface area contributed by atoms with Gasteiger partial charge < -0.3 is 10.2 Å². The number of amides is 2. The molecule has 0 spiro atoms. The van der Waals surface area contributed by atoms with Gasteiger partial charge in [-0.2, -0.15) is 0 Å². The first-order valence-corrected chi connectivity index (χ1v) is 8.94. The zero-order chi connectivity index (χ0) is 16.4. The van der Waals surface area contributed by atoms with Crippen LogP contribution in [0.15, 0.2) is 28.7 Å². The quantitative estimate of drug-likeness (QED) is 0.868. The predicted molar refractivity (Wildman–Crippen MR) is 92.2 cm³/mol. The minimum atomic E-state index is -0.128. The lowest BCUT2D eigenvalue weighted by Gasteiger charge is -2.37. The molecular weight excluding hydrogens is 358 g/mol. The summed E-state index contributed by atoms with van der Waals surface area (Å²) in [6.45, 7) is 4.72. The molecule has 23 heavy (non-hydrogen) atoms. The van der Waals surface area contributed by atoms with E-state index in [9.17, 15) is 9.59 Å². The third-order valence-electron chi connectivity index (χ3n) is 4.56. The van der Waals surface area contributed by atoms with Gasteiger partial charge in [-0.3, -0.25) is 14.5 Å². The van der Waals surface area contributed by atoms with Gasteiger partial charge in [0.1, 0.15) is 0 Å². The minimum Gasteiger partial charge on any atom is -0.352 e. The van der Waals surface area contributed by atoms with Crippen LogP contribution < -0.4 is 5.32 Å². The molecule has 2 amide bonds. The first kappa shape index (κ1) is 16.5. The van der Waals surface area contributed by atoms with Crippen molar-refractivity contribution in [3.05, 3.63) is 34.3 Å². The maximum absolute atomic E-state index is 12.6. The summed E-state index contributed by atoms with van der Waals surface area (Å²) >= 11 is 3.44. The zero-order valence-electron chi connectivity index (χ0n) is 13.3. The van der Waals surface area contributed by atoms with Crippen LogP contribution in [-0.2, 0) is 4.79 Å². The van der Waals surface area contributed by atoms with Crippen LogP contribution in [0.3, 0.4) is 0 Å². The van der Waals surface area contributed by atoms with Crippen LogP contribution in [-0.4, -0.2) is 59.9 Å². The highest BCUT2D eigenvalue weighted by atomic mass is 79.9. The second-order valence-electron chi connectivity index (χ2n) is 6.27. The predicted octanol–water partition coefficient (Wildman–Crippen LogP) is 1.87. The van der Waals surface area contributed by atoms with Gasteiger partial charge in [-0.05, 0) is 47.8 Å². The second-order valence-corrected chi connectivity index (χ2v) is 7.12. The fourth-order valence-electron chi connectivity index (χ4n) is 2.83. The molecule has 2 aliphatic rings. The van der Waals surface area contributed by atoms with Gasteiger partial charge >= 0.3 is 0 Å². The number of halogens is 1. The van der Waals surface area contributed by atoms with Gasteiger partial charge in [-0.15, -0.1) is 0 Å². The van der Waals surface area contributed by atoms with Gasteiger partial charge in [-0.25, -0.2) is 0 Å². The largest absolute Gasteiger partial charge is 0.352 e. The smallest absolute Gasteiger partial charge is 0.255 e. The van der Waals surface area contributed by atoms with Crippen molar-refractivity contribution in [2.75, 3.05) is 26.2 Å². The maximum Gasteiger partial charge on any atom is 0.255 e. The second kappa shape index (κ2) is 7.01. The van der Waals surface area contributed by atoms with Crippen molar-refractivity contribution in [3.8, 4) is 0 Å². The monoisotopic (exact) mass is 379 g/mol. The van der Waals surface area contributed by atoms with E-state index in [4.69, 9.17) is 0 Å². The molecule has 1 aliphatic heterocycles. The van der Waals surface area contributed by atoms with Crippen LogP contribution in [0.1, 0.15) is 30.1 Å². The molecular formula is C17H22BrN3O2. The first-order chi connectivity index (χ1) is 11.1. The van der Waals surface area contributed by atoms with E-state index in [-0.39, 0.29) is 17.9 Å². The minimum absolute atomic E-state index is 0.0483. The van der Waals surface area contributed by atoms with Crippen LogP contribution in [0, 0.1) is 0 Å². The Bertz CT molecular complexity index is 595. The molecule has 6 heteroatoms. The lowest BCUT2D eigenvalue weighted by atomic mass is 10.1. The lowest BCUT2D eigenvalue weighted by molar-refractivity contribution is -0.126. The lowest BCUT2D eigenvalue weighted by Crippen LogP contribution is -2.55. The Morgan fingerprint density at radius 2 is 1.83 bits per heavy atom. The molecule has 1 N–H and O–H groups in total. The van der Waals surface area contributed by atoms with Gasteiger partial charge in [-0.1, -0.05) is 12.1 Å². The van der Waals surface area contributed by atoms with Gasteiger partial charge in [0, 0.05) is 36.7 Å². The number of hydrogen-bond acceptors (Lipinski definition) is 3. The van der Waals surface area contributed by atoms with E-state index in [1.165, 1.54) is 0 Å². The number of benzene rings is 1. The van der Waals surface area contributed by atoms with E-state index < -0.39 is 0 Å². The summed E-state index contributed by atoms with van der Waals surface area (Å²) in [5.74, 6) is 0.158. The Hall–Kier alpha value is -1.40. The average molecular weight is 380 g/mol. The highest BCUT2D eigenvalue weighted by Gasteiger charge is 2.31.